The predicted molar refractivity (Wildman–Crippen MR) is 54.5 cm³/mol. The van der Waals surface area contributed by atoms with Gasteiger partial charge in [0.15, 0.2) is 9.84 Å². The third kappa shape index (κ3) is 3.28. The van der Waals surface area contributed by atoms with Crippen LogP contribution in [0.25, 0.3) is 0 Å². The van der Waals surface area contributed by atoms with Gasteiger partial charge in [-0.25, -0.2) is 8.42 Å². The summed E-state index contributed by atoms with van der Waals surface area (Å²) in [5, 5.41) is 11.5. The van der Waals surface area contributed by atoms with Gasteiger partial charge in [-0.05, 0) is 26.3 Å². The normalized spacial score (nSPS) is 30.0. The summed E-state index contributed by atoms with van der Waals surface area (Å²) in [6, 6.07) is 2.06. The van der Waals surface area contributed by atoms with E-state index in [1.807, 2.05) is 6.92 Å². The Morgan fingerprint density at radius 3 is 2.79 bits per heavy atom. The van der Waals surface area contributed by atoms with Crippen molar-refractivity contribution in [3.63, 3.8) is 0 Å². The van der Waals surface area contributed by atoms with Crippen LogP contribution in [0.5, 0.6) is 0 Å². The molecule has 0 saturated carbocycles. The Kier molecular flexibility index (Phi) is 3.51. The quantitative estimate of drug-likeness (QED) is 0.693. The molecule has 0 bridgehead atoms. The van der Waals surface area contributed by atoms with Gasteiger partial charge >= 0.3 is 0 Å². The van der Waals surface area contributed by atoms with Crippen molar-refractivity contribution in [3.8, 4) is 6.07 Å². The zero-order chi connectivity index (χ0) is 10.7. The Balaban J connectivity index is 2.35. The molecule has 0 radical (unpaired) electrons. The van der Waals surface area contributed by atoms with Crippen LogP contribution in [0.1, 0.15) is 26.2 Å². The lowest BCUT2D eigenvalue weighted by Gasteiger charge is -2.23. The second kappa shape index (κ2) is 4.28. The fraction of sp³-hybridized carbons (Fsp3) is 0.889. The molecule has 0 aromatic rings. The second-order valence-corrected chi connectivity index (χ2v) is 6.28. The second-order valence-electron chi connectivity index (χ2n) is 4.09. The summed E-state index contributed by atoms with van der Waals surface area (Å²) < 4.78 is 22.5. The van der Waals surface area contributed by atoms with E-state index in [9.17, 15) is 8.42 Å². The zero-order valence-corrected chi connectivity index (χ0v) is 9.23. The van der Waals surface area contributed by atoms with Crippen molar-refractivity contribution in [3.05, 3.63) is 0 Å². The number of sulfone groups is 1. The number of nitrogens with zero attached hydrogens (tertiary/aromatic N) is 1. The van der Waals surface area contributed by atoms with Crippen LogP contribution in [0.2, 0.25) is 0 Å². The molecule has 1 unspecified atom stereocenters. The van der Waals surface area contributed by atoms with Crippen molar-refractivity contribution in [2.24, 2.45) is 0 Å². The van der Waals surface area contributed by atoms with Gasteiger partial charge in [0.1, 0.15) is 0 Å². The molecule has 0 aliphatic carbocycles. The maximum absolute atomic E-state index is 11.2. The molecule has 1 saturated heterocycles. The van der Waals surface area contributed by atoms with Crippen LogP contribution in [0, 0.1) is 11.3 Å². The lowest BCUT2D eigenvalue weighted by Crippen LogP contribution is -2.43. The first-order valence-electron chi connectivity index (χ1n) is 4.80. The van der Waals surface area contributed by atoms with Crippen LogP contribution < -0.4 is 5.32 Å². The highest BCUT2D eigenvalue weighted by Crippen LogP contribution is 2.22. The summed E-state index contributed by atoms with van der Waals surface area (Å²) in [6.45, 7) is 2.66. The molecular weight excluding hydrogens is 200 g/mol. The van der Waals surface area contributed by atoms with Crippen LogP contribution in [0.3, 0.4) is 0 Å². The molecule has 5 heteroatoms. The minimum absolute atomic E-state index is 0.229. The van der Waals surface area contributed by atoms with Crippen LogP contribution in [0.4, 0.5) is 0 Å². The van der Waals surface area contributed by atoms with Crippen molar-refractivity contribution in [1.82, 2.24) is 5.32 Å². The first-order chi connectivity index (χ1) is 6.47. The molecule has 1 atom stereocenters. The standard InChI is InChI=1S/C9H16N2O2S/c1-9(11-6-3-2-5-10)4-7-14(12,13)8-9/h11H,2-4,6-8H2,1H3. The molecule has 14 heavy (non-hydrogen) atoms. The molecule has 1 fully saturated rings. The van der Waals surface area contributed by atoms with Crippen molar-refractivity contribution in [2.75, 3.05) is 18.1 Å². The summed E-state index contributed by atoms with van der Waals surface area (Å²) >= 11 is 0. The predicted octanol–water partition coefficient (Wildman–Crippen LogP) is 0.457. The topological polar surface area (TPSA) is 70.0 Å². The number of hydrogen-bond donors (Lipinski definition) is 1. The minimum Gasteiger partial charge on any atom is -0.310 e. The maximum atomic E-state index is 11.2. The van der Waals surface area contributed by atoms with Gasteiger partial charge in [0, 0.05) is 12.0 Å². The van der Waals surface area contributed by atoms with Crippen LogP contribution >= 0.6 is 0 Å². The number of nitrogens with one attached hydrogen (secondary N) is 1. The highest BCUT2D eigenvalue weighted by Gasteiger charge is 2.37. The Bertz CT molecular complexity index is 331. The summed E-state index contributed by atoms with van der Waals surface area (Å²) in [5.74, 6) is 0.515. The third-order valence-electron chi connectivity index (χ3n) is 2.52. The Labute approximate surface area is 85.2 Å². The largest absolute Gasteiger partial charge is 0.310 e. The van der Waals surface area contributed by atoms with E-state index in [-0.39, 0.29) is 17.0 Å². The fourth-order valence-corrected chi connectivity index (χ4v) is 3.83. The maximum Gasteiger partial charge on any atom is 0.152 e. The fourth-order valence-electron chi connectivity index (χ4n) is 1.71. The molecular formula is C9H16N2O2S. The Morgan fingerprint density at radius 1 is 1.57 bits per heavy atom. The molecule has 0 amide bonds. The smallest absolute Gasteiger partial charge is 0.152 e. The Hall–Kier alpha value is -0.600. The molecule has 1 aliphatic heterocycles. The number of hydrogen-bond acceptors (Lipinski definition) is 4. The van der Waals surface area contributed by atoms with Crippen LogP contribution in [0.15, 0.2) is 0 Å². The average molecular weight is 216 g/mol. The van der Waals surface area contributed by atoms with Gasteiger partial charge in [-0.3, -0.25) is 0 Å². The van der Waals surface area contributed by atoms with E-state index in [4.69, 9.17) is 5.26 Å². The molecule has 1 N–H and O–H groups in total. The van der Waals surface area contributed by atoms with E-state index in [0.717, 1.165) is 13.0 Å². The average Bonchev–Trinajstić information content (AvgIpc) is 2.36. The van der Waals surface area contributed by atoms with E-state index < -0.39 is 9.84 Å². The first-order valence-corrected chi connectivity index (χ1v) is 6.62. The minimum atomic E-state index is -2.82. The van der Waals surface area contributed by atoms with Gasteiger partial charge in [-0.1, -0.05) is 0 Å². The lowest BCUT2D eigenvalue weighted by atomic mass is 10.0. The van der Waals surface area contributed by atoms with Crippen molar-refractivity contribution >= 4 is 9.84 Å². The molecule has 0 aromatic carbocycles. The molecule has 1 aliphatic rings. The molecule has 4 nitrogen and oxygen atoms in total. The van der Waals surface area contributed by atoms with E-state index in [1.165, 1.54) is 0 Å². The highest BCUT2D eigenvalue weighted by molar-refractivity contribution is 7.91. The third-order valence-corrected chi connectivity index (χ3v) is 4.42. The van der Waals surface area contributed by atoms with Crippen LogP contribution in [-0.2, 0) is 9.84 Å². The van der Waals surface area contributed by atoms with Gasteiger partial charge < -0.3 is 5.32 Å². The SMILES string of the molecule is CC1(NCCCC#N)CCS(=O)(=O)C1. The summed E-state index contributed by atoms with van der Waals surface area (Å²) in [5.41, 5.74) is -0.270. The molecule has 0 aromatic heterocycles. The zero-order valence-electron chi connectivity index (χ0n) is 8.41. The molecule has 80 valence electrons. The van der Waals surface area contributed by atoms with Gasteiger partial charge in [-0.15, -0.1) is 0 Å². The van der Waals surface area contributed by atoms with E-state index in [0.29, 0.717) is 12.8 Å². The molecule has 0 spiro atoms. The summed E-state index contributed by atoms with van der Waals surface area (Å²) in [6.07, 6.45) is 1.99. The number of rotatable bonds is 4. The number of unbranched alkanes of at least 4 members (excludes halogenated alkanes) is 1. The van der Waals surface area contributed by atoms with E-state index >= 15 is 0 Å². The van der Waals surface area contributed by atoms with Crippen molar-refractivity contribution in [2.45, 2.75) is 31.7 Å². The van der Waals surface area contributed by atoms with Crippen LogP contribution in [-0.4, -0.2) is 32.0 Å². The monoisotopic (exact) mass is 216 g/mol. The Morgan fingerprint density at radius 2 is 2.29 bits per heavy atom. The van der Waals surface area contributed by atoms with Crippen molar-refractivity contribution < 1.29 is 8.42 Å². The number of nitriles is 1. The highest BCUT2D eigenvalue weighted by atomic mass is 32.2. The van der Waals surface area contributed by atoms with E-state index in [1.54, 1.807) is 0 Å². The van der Waals surface area contributed by atoms with Gasteiger partial charge in [0.25, 0.3) is 0 Å². The van der Waals surface area contributed by atoms with Gasteiger partial charge in [0.2, 0.25) is 0 Å². The first kappa shape index (κ1) is 11.5. The molecule has 1 rings (SSSR count). The van der Waals surface area contributed by atoms with Gasteiger partial charge in [0.05, 0.1) is 17.6 Å². The molecule has 1 heterocycles. The van der Waals surface area contributed by atoms with E-state index in [2.05, 4.69) is 11.4 Å². The summed E-state index contributed by atoms with van der Waals surface area (Å²) in [7, 11) is -2.82. The summed E-state index contributed by atoms with van der Waals surface area (Å²) in [4.78, 5) is 0. The lowest BCUT2D eigenvalue weighted by molar-refractivity contribution is 0.396. The van der Waals surface area contributed by atoms with Crippen molar-refractivity contribution in [1.29, 1.82) is 5.26 Å². The van der Waals surface area contributed by atoms with Gasteiger partial charge in [-0.2, -0.15) is 5.26 Å².